The molecule has 0 amide bonds. The smallest absolute Gasteiger partial charge is 0.370 e. The first-order valence-corrected chi connectivity index (χ1v) is 3.62. The average molecular weight is 199 g/mol. The number of nitrogens with zero attached hydrogens (tertiary/aromatic N) is 1. The molecule has 1 aromatic carbocycles. The Labute approximate surface area is 74.9 Å². The van der Waals surface area contributed by atoms with E-state index in [2.05, 4.69) is 4.42 Å². The first-order valence-electron chi connectivity index (χ1n) is 3.62. The predicted molar refractivity (Wildman–Crippen MR) is 43.2 cm³/mol. The van der Waals surface area contributed by atoms with E-state index in [9.17, 15) is 18.5 Å². The molecule has 6 heteroatoms. The Bertz CT molecular complexity index is 614. The van der Waals surface area contributed by atoms with E-state index in [0.29, 0.717) is 0 Å². The maximum Gasteiger partial charge on any atom is 0.451 e. The highest BCUT2D eigenvalue weighted by molar-refractivity contribution is 5.77. The summed E-state index contributed by atoms with van der Waals surface area (Å²) in [7, 11) is 0. The third kappa shape index (κ3) is 1.04. The highest BCUT2D eigenvalue weighted by Crippen LogP contribution is 2.12. The molecule has 0 N–H and O–H groups in total. The summed E-state index contributed by atoms with van der Waals surface area (Å²) in [6, 6.07) is 3.33. The summed E-state index contributed by atoms with van der Waals surface area (Å²) in [5, 5.41) is -0.313. The first kappa shape index (κ1) is 8.61. The highest BCUT2D eigenvalue weighted by atomic mass is 19.2. The molecule has 0 aliphatic carbocycles. The molecular formula is C8H3F2NO3. The lowest BCUT2D eigenvalue weighted by atomic mass is 10.2. The van der Waals surface area contributed by atoms with Gasteiger partial charge < -0.3 is 4.42 Å². The number of aromatic nitrogens is 1. The molecule has 0 unspecified atom stereocenters. The molecule has 0 atom stereocenters. The van der Waals surface area contributed by atoms with E-state index >= 15 is 0 Å². The zero-order valence-electron chi connectivity index (χ0n) is 6.66. The summed E-state index contributed by atoms with van der Waals surface area (Å²) in [6.07, 6.45) is 0. The van der Waals surface area contributed by atoms with Crippen LogP contribution in [0.5, 0.6) is 0 Å². The molecule has 0 spiro atoms. The van der Waals surface area contributed by atoms with Gasteiger partial charge in [-0.25, -0.2) is 14.0 Å². The average Bonchev–Trinajstić information content (AvgIpc) is 2.14. The molecule has 4 nitrogen and oxygen atoms in total. The second-order valence-electron chi connectivity index (χ2n) is 2.57. The summed E-state index contributed by atoms with van der Waals surface area (Å²) in [4.78, 5) is 21.1. The lowest BCUT2D eigenvalue weighted by Crippen LogP contribution is -2.20. The van der Waals surface area contributed by atoms with Gasteiger partial charge in [0.25, 0.3) is 0 Å². The third-order valence-corrected chi connectivity index (χ3v) is 1.74. The maximum absolute atomic E-state index is 13.0. The van der Waals surface area contributed by atoms with Crippen molar-refractivity contribution in [3.8, 4) is 0 Å². The molecule has 1 aromatic heterocycles. The highest BCUT2D eigenvalue weighted by Gasteiger charge is 2.12. The van der Waals surface area contributed by atoms with Gasteiger partial charge in [0.1, 0.15) is 5.52 Å². The van der Waals surface area contributed by atoms with E-state index in [-0.39, 0.29) is 5.39 Å². The van der Waals surface area contributed by atoms with Gasteiger partial charge in [-0.3, -0.25) is 0 Å². The van der Waals surface area contributed by atoms with Crippen LogP contribution in [0.25, 0.3) is 10.9 Å². The first-order chi connectivity index (χ1) is 6.61. The minimum Gasteiger partial charge on any atom is -0.370 e. The van der Waals surface area contributed by atoms with E-state index < -0.39 is 27.5 Å². The molecular weight excluding hydrogens is 196 g/mol. The van der Waals surface area contributed by atoms with Crippen LogP contribution in [-0.4, -0.2) is 4.79 Å². The molecule has 0 aliphatic heterocycles. The zero-order chi connectivity index (χ0) is 10.3. The van der Waals surface area contributed by atoms with E-state index in [1.54, 1.807) is 0 Å². The van der Waals surface area contributed by atoms with Crippen molar-refractivity contribution in [2.45, 2.75) is 0 Å². The van der Waals surface area contributed by atoms with Gasteiger partial charge in [0.2, 0.25) is 0 Å². The lowest BCUT2D eigenvalue weighted by Gasteiger charge is -1.98. The van der Waals surface area contributed by atoms with Gasteiger partial charge >= 0.3 is 11.4 Å². The molecule has 0 saturated heterocycles. The van der Waals surface area contributed by atoms with Gasteiger partial charge in [-0.1, -0.05) is 10.5 Å². The Morgan fingerprint density at radius 1 is 1.29 bits per heavy atom. The lowest BCUT2D eigenvalue weighted by molar-refractivity contribution is 0.288. The fourth-order valence-corrected chi connectivity index (χ4v) is 1.15. The largest absolute Gasteiger partial charge is 0.451 e. The summed E-state index contributed by atoms with van der Waals surface area (Å²) >= 11 is 0. The number of rotatable bonds is 0. The molecule has 14 heavy (non-hydrogen) atoms. The molecule has 1 heterocycles. The number of benzene rings is 1. The Kier molecular flexibility index (Phi) is 1.70. The quantitative estimate of drug-likeness (QED) is 0.631. The second kappa shape index (κ2) is 2.76. The Morgan fingerprint density at radius 3 is 2.71 bits per heavy atom. The van der Waals surface area contributed by atoms with Gasteiger partial charge in [0.05, 0.1) is 5.39 Å². The van der Waals surface area contributed by atoms with Crippen LogP contribution in [0.4, 0.5) is 8.87 Å². The number of hydrogen-bond acceptors (Lipinski definition) is 3. The van der Waals surface area contributed by atoms with E-state index in [1.165, 1.54) is 12.1 Å². The van der Waals surface area contributed by atoms with Crippen molar-refractivity contribution < 1.29 is 13.3 Å². The van der Waals surface area contributed by atoms with E-state index in [0.717, 1.165) is 6.07 Å². The van der Waals surface area contributed by atoms with Crippen LogP contribution in [-0.2, 0) is 0 Å². The summed E-state index contributed by atoms with van der Waals surface area (Å²) in [5.41, 5.74) is -1.76. The van der Waals surface area contributed by atoms with E-state index in [4.69, 9.17) is 0 Å². The minimum absolute atomic E-state index is 0.313. The monoisotopic (exact) mass is 199 g/mol. The Morgan fingerprint density at radius 2 is 2.00 bits per heavy atom. The van der Waals surface area contributed by atoms with Crippen LogP contribution in [0.2, 0.25) is 0 Å². The standard InChI is InChI=1S/C8H3F2NO3/c9-5-3-1-2-4-6(5)11(10)8(13)14-7(4)12/h1-3H. The van der Waals surface area contributed by atoms with Crippen molar-refractivity contribution in [1.82, 2.24) is 4.79 Å². The number of halogens is 2. The molecule has 0 aliphatic rings. The number of fused-ring (bicyclic) bond motifs is 1. The van der Waals surface area contributed by atoms with Crippen molar-refractivity contribution >= 4 is 10.9 Å². The molecule has 0 fully saturated rings. The van der Waals surface area contributed by atoms with Crippen LogP contribution < -0.4 is 11.4 Å². The molecule has 72 valence electrons. The second-order valence-corrected chi connectivity index (χ2v) is 2.57. The van der Waals surface area contributed by atoms with Crippen LogP contribution in [0.15, 0.2) is 32.2 Å². The third-order valence-electron chi connectivity index (χ3n) is 1.74. The van der Waals surface area contributed by atoms with Crippen LogP contribution in [0, 0.1) is 5.82 Å². The zero-order valence-corrected chi connectivity index (χ0v) is 6.66. The fraction of sp³-hybridized carbons (Fsp3) is 0. The van der Waals surface area contributed by atoms with Gasteiger partial charge in [-0.2, -0.15) is 0 Å². The molecule has 0 radical (unpaired) electrons. The van der Waals surface area contributed by atoms with Crippen LogP contribution >= 0.6 is 0 Å². The van der Waals surface area contributed by atoms with Gasteiger partial charge in [-0.15, -0.1) is 4.79 Å². The van der Waals surface area contributed by atoms with Crippen molar-refractivity contribution in [2.75, 3.05) is 0 Å². The summed E-state index contributed by atoms with van der Waals surface area (Å²) in [6.45, 7) is 0. The van der Waals surface area contributed by atoms with Crippen molar-refractivity contribution in [3.63, 3.8) is 0 Å². The van der Waals surface area contributed by atoms with Crippen molar-refractivity contribution in [1.29, 1.82) is 0 Å². The molecule has 0 bridgehead atoms. The Balaban J connectivity index is 3.19. The maximum atomic E-state index is 13.0. The molecule has 2 aromatic rings. The topological polar surface area (TPSA) is 52.2 Å². The summed E-state index contributed by atoms with van der Waals surface area (Å²) in [5.74, 6) is -2.53. The molecule has 0 saturated carbocycles. The van der Waals surface area contributed by atoms with Crippen molar-refractivity contribution in [3.05, 3.63) is 45.0 Å². The number of para-hydroxylation sites is 1. The number of hydrogen-bond donors (Lipinski definition) is 0. The minimum atomic E-state index is -1.53. The normalized spacial score (nSPS) is 10.7. The summed E-state index contributed by atoms with van der Waals surface area (Å²) < 4.78 is 30.0. The van der Waals surface area contributed by atoms with E-state index in [1.807, 2.05) is 0 Å². The Hall–Kier alpha value is -1.98. The fourth-order valence-electron chi connectivity index (χ4n) is 1.15. The molecule has 2 rings (SSSR count). The van der Waals surface area contributed by atoms with Crippen LogP contribution in [0.3, 0.4) is 0 Å². The van der Waals surface area contributed by atoms with Crippen LogP contribution in [0.1, 0.15) is 0 Å². The van der Waals surface area contributed by atoms with Gasteiger partial charge in [0, 0.05) is 0 Å². The predicted octanol–water partition coefficient (Wildman–Crippen LogP) is 0.826. The van der Waals surface area contributed by atoms with Crippen molar-refractivity contribution in [2.24, 2.45) is 0 Å². The van der Waals surface area contributed by atoms with Gasteiger partial charge in [0.15, 0.2) is 5.82 Å². The van der Waals surface area contributed by atoms with Gasteiger partial charge in [-0.05, 0) is 12.1 Å². The SMILES string of the molecule is O=c1oc(=O)n(F)c2c(F)cccc12.